The van der Waals surface area contributed by atoms with Gasteiger partial charge in [0.05, 0.1) is 5.75 Å². The van der Waals surface area contributed by atoms with Crippen LogP contribution in [-0.4, -0.2) is 22.3 Å². The fourth-order valence-electron chi connectivity index (χ4n) is 1.35. The Morgan fingerprint density at radius 3 is 2.75 bits per heavy atom. The Morgan fingerprint density at radius 1 is 1.25 bits per heavy atom. The Hall–Kier alpha value is -0.770. The molecule has 0 radical (unpaired) electrons. The molecule has 90 valence electrons. The second kappa shape index (κ2) is 7.49. The van der Waals surface area contributed by atoms with E-state index in [4.69, 9.17) is 0 Å². The molecule has 0 saturated carbocycles. The largest absolute Gasteiger partial charge is 0.370 e. The maximum absolute atomic E-state index is 4.50. The third-order valence-corrected chi connectivity index (χ3v) is 3.20. The van der Waals surface area contributed by atoms with Crippen molar-refractivity contribution in [2.24, 2.45) is 0 Å². The summed E-state index contributed by atoms with van der Waals surface area (Å²) in [6.07, 6.45) is 2.32. The number of hydrogen-bond acceptors (Lipinski definition) is 4. The summed E-state index contributed by atoms with van der Waals surface area (Å²) in [6.45, 7) is 7.34. The second-order valence-electron chi connectivity index (χ2n) is 3.79. The highest BCUT2D eigenvalue weighted by Crippen LogP contribution is 2.13. The van der Waals surface area contributed by atoms with Gasteiger partial charge < -0.3 is 5.32 Å². The first-order valence-electron chi connectivity index (χ1n) is 5.92. The highest BCUT2D eigenvalue weighted by Gasteiger charge is 2.01. The minimum atomic E-state index is 0.913. The van der Waals surface area contributed by atoms with Gasteiger partial charge in [-0.25, -0.2) is 9.97 Å². The molecular formula is C12H21N3S. The van der Waals surface area contributed by atoms with Crippen LogP contribution in [-0.2, 0) is 5.75 Å². The first kappa shape index (κ1) is 13.3. The Balaban J connectivity index is 2.58. The van der Waals surface area contributed by atoms with Crippen LogP contribution in [0, 0.1) is 6.92 Å². The summed E-state index contributed by atoms with van der Waals surface area (Å²) < 4.78 is 0. The van der Waals surface area contributed by atoms with E-state index in [9.17, 15) is 0 Å². The predicted octanol–water partition coefficient (Wildman–Crippen LogP) is 3.25. The lowest BCUT2D eigenvalue weighted by Gasteiger charge is -2.07. The van der Waals surface area contributed by atoms with Crippen LogP contribution in [0.1, 0.15) is 38.2 Å². The molecule has 0 aliphatic carbocycles. The molecule has 0 aliphatic rings. The standard InChI is InChI=1S/C12H21N3S/c1-4-6-13-11-8-10(3)14-12(15-11)9-16-7-5-2/h8H,4-7,9H2,1-3H3,(H,13,14,15). The molecule has 0 aliphatic heterocycles. The maximum Gasteiger partial charge on any atom is 0.140 e. The molecule has 0 unspecified atom stereocenters. The molecule has 16 heavy (non-hydrogen) atoms. The van der Waals surface area contributed by atoms with Crippen molar-refractivity contribution in [3.63, 3.8) is 0 Å². The molecule has 1 rings (SSSR count). The lowest BCUT2D eigenvalue weighted by molar-refractivity contribution is 0.940. The number of rotatable bonds is 7. The molecule has 0 bridgehead atoms. The van der Waals surface area contributed by atoms with Crippen LogP contribution in [0.2, 0.25) is 0 Å². The van der Waals surface area contributed by atoms with E-state index in [-0.39, 0.29) is 0 Å². The molecular weight excluding hydrogens is 218 g/mol. The summed E-state index contributed by atoms with van der Waals surface area (Å²) in [4.78, 5) is 8.94. The van der Waals surface area contributed by atoms with E-state index in [2.05, 4.69) is 29.1 Å². The summed E-state index contributed by atoms with van der Waals surface area (Å²) in [5, 5.41) is 3.31. The van der Waals surface area contributed by atoms with Crippen molar-refractivity contribution in [3.05, 3.63) is 17.6 Å². The molecule has 0 amide bonds. The van der Waals surface area contributed by atoms with E-state index in [1.165, 1.54) is 12.2 Å². The van der Waals surface area contributed by atoms with Crippen LogP contribution in [0.25, 0.3) is 0 Å². The molecule has 0 aromatic carbocycles. The molecule has 3 nitrogen and oxygen atoms in total. The van der Waals surface area contributed by atoms with Crippen molar-refractivity contribution in [3.8, 4) is 0 Å². The van der Waals surface area contributed by atoms with E-state index in [0.29, 0.717) is 0 Å². The van der Waals surface area contributed by atoms with Crippen LogP contribution >= 0.6 is 11.8 Å². The van der Waals surface area contributed by atoms with Gasteiger partial charge in [0.15, 0.2) is 0 Å². The first-order valence-corrected chi connectivity index (χ1v) is 7.08. The Kier molecular flexibility index (Phi) is 6.23. The average molecular weight is 239 g/mol. The van der Waals surface area contributed by atoms with Gasteiger partial charge in [-0.15, -0.1) is 0 Å². The maximum atomic E-state index is 4.50. The van der Waals surface area contributed by atoms with Crippen molar-refractivity contribution >= 4 is 17.6 Å². The zero-order valence-corrected chi connectivity index (χ0v) is 11.2. The van der Waals surface area contributed by atoms with Gasteiger partial charge in [0, 0.05) is 18.3 Å². The Bertz CT molecular complexity index is 315. The Labute approximate surface area is 102 Å². The number of nitrogens with zero attached hydrogens (tertiary/aromatic N) is 2. The van der Waals surface area contributed by atoms with Crippen molar-refractivity contribution < 1.29 is 0 Å². The van der Waals surface area contributed by atoms with Gasteiger partial charge in [-0.1, -0.05) is 13.8 Å². The van der Waals surface area contributed by atoms with Gasteiger partial charge >= 0.3 is 0 Å². The molecule has 1 aromatic heterocycles. The monoisotopic (exact) mass is 239 g/mol. The summed E-state index contributed by atoms with van der Waals surface area (Å²) in [7, 11) is 0. The number of thioether (sulfide) groups is 1. The number of nitrogens with one attached hydrogen (secondary N) is 1. The zero-order chi connectivity index (χ0) is 11.8. The van der Waals surface area contributed by atoms with Gasteiger partial charge in [0.2, 0.25) is 0 Å². The lowest BCUT2D eigenvalue weighted by atomic mass is 10.4. The van der Waals surface area contributed by atoms with E-state index >= 15 is 0 Å². The van der Waals surface area contributed by atoms with Gasteiger partial charge in [-0.2, -0.15) is 11.8 Å². The summed E-state index contributed by atoms with van der Waals surface area (Å²) in [5.74, 6) is 3.99. The molecule has 0 atom stereocenters. The number of aryl methyl sites for hydroxylation is 1. The summed E-state index contributed by atoms with van der Waals surface area (Å²) in [5.41, 5.74) is 1.04. The predicted molar refractivity (Wildman–Crippen MR) is 72.0 cm³/mol. The third kappa shape index (κ3) is 4.84. The van der Waals surface area contributed by atoms with E-state index < -0.39 is 0 Å². The number of hydrogen-bond donors (Lipinski definition) is 1. The minimum absolute atomic E-state index is 0.913. The molecule has 1 heterocycles. The molecule has 4 heteroatoms. The van der Waals surface area contributed by atoms with E-state index in [1.54, 1.807) is 0 Å². The molecule has 0 saturated heterocycles. The second-order valence-corrected chi connectivity index (χ2v) is 4.90. The van der Waals surface area contributed by atoms with Gasteiger partial charge in [0.1, 0.15) is 11.6 Å². The normalized spacial score (nSPS) is 10.4. The van der Waals surface area contributed by atoms with Crippen molar-refractivity contribution in [2.45, 2.75) is 39.4 Å². The topological polar surface area (TPSA) is 37.8 Å². The van der Waals surface area contributed by atoms with Crippen molar-refractivity contribution in [1.29, 1.82) is 0 Å². The third-order valence-electron chi connectivity index (χ3n) is 2.04. The lowest BCUT2D eigenvalue weighted by Crippen LogP contribution is -2.05. The van der Waals surface area contributed by atoms with Crippen LogP contribution in [0.15, 0.2) is 6.07 Å². The summed E-state index contributed by atoms with van der Waals surface area (Å²) >= 11 is 1.89. The van der Waals surface area contributed by atoms with Crippen LogP contribution in [0.4, 0.5) is 5.82 Å². The van der Waals surface area contributed by atoms with E-state index in [0.717, 1.165) is 36.1 Å². The van der Waals surface area contributed by atoms with Crippen LogP contribution in [0.3, 0.4) is 0 Å². The Morgan fingerprint density at radius 2 is 2.06 bits per heavy atom. The molecule has 1 aromatic rings. The summed E-state index contributed by atoms with van der Waals surface area (Å²) in [6, 6.07) is 2.00. The van der Waals surface area contributed by atoms with Crippen LogP contribution < -0.4 is 5.32 Å². The highest BCUT2D eigenvalue weighted by molar-refractivity contribution is 7.98. The zero-order valence-electron chi connectivity index (χ0n) is 10.4. The smallest absolute Gasteiger partial charge is 0.140 e. The van der Waals surface area contributed by atoms with E-state index in [1.807, 2.05) is 24.8 Å². The first-order chi connectivity index (χ1) is 7.76. The van der Waals surface area contributed by atoms with Gasteiger partial charge in [-0.05, 0) is 25.5 Å². The van der Waals surface area contributed by atoms with Crippen molar-refractivity contribution in [2.75, 3.05) is 17.6 Å². The SMILES string of the molecule is CCCNc1cc(C)nc(CSCCC)n1. The molecule has 0 fully saturated rings. The van der Waals surface area contributed by atoms with Crippen LogP contribution in [0.5, 0.6) is 0 Å². The molecule has 0 spiro atoms. The fraction of sp³-hybridized carbons (Fsp3) is 0.667. The van der Waals surface area contributed by atoms with Gasteiger partial charge in [-0.3, -0.25) is 0 Å². The minimum Gasteiger partial charge on any atom is -0.370 e. The quantitative estimate of drug-likeness (QED) is 0.741. The van der Waals surface area contributed by atoms with Crippen molar-refractivity contribution in [1.82, 2.24) is 9.97 Å². The molecule has 1 N–H and O–H groups in total. The van der Waals surface area contributed by atoms with Gasteiger partial charge in [0.25, 0.3) is 0 Å². The number of aromatic nitrogens is 2. The fourth-order valence-corrected chi connectivity index (χ4v) is 2.09. The average Bonchev–Trinajstić information content (AvgIpc) is 2.26. The highest BCUT2D eigenvalue weighted by atomic mass is 32.2. The number of anilines is 1.